The maximum Gasteiger partial charge on any atom is 0.338 e. The molecule has 0 bridgehead atoms. The molecule has 142 valence electrons. The van der Waals surface area contributed by atoms with E-state index in [1.54, 1.807) is 30.3 Å². The summed E-state index contributed by atoms with van der Waals surface area (Å²) in [7, 11) is 0. The first-order valence-electron chi connectivity index (χ1n) is 8.56. The summed E-state index contributed by atoms with van der Waals surface area (Å²) in [5.41, 5.74) is 2.83. The summed E-state index contributed by atoms with van der Waals surface area (Å²) in [6.45, 7) is 1.50. The Balaban J connectivity index is 1.62. The van der Waals surface area contributed by atoms with Crippen LogP contribution in [0.1, 0.15) is 17.3 Å². The van der Waals surface area contributed by atoms with E-state index in [9.17, 15) is 9.59 Å². The highest BCUT2D eigenvalue weighted by atomic mass is 35.5. The molecule has 0 heterocycles. The zero-order chi connectivity index (χ0) is 20.1. The van der Waals surface area contributed by atoms with Crippen LogP contribution in [0, 0.1) is 0 Å². The van der Waals surface area contributed by atoms with Gasteiger partial charge in [0.15, 0.2) is 6.10 Å². The van der Waals surface area contributed by atoms with Crippen LogP contribution in [0.3, 0.4) is 0 Å². The van der Waals surface area contributed by atoms with E-state index in [1.807, 2.05) is 42.5 Å². The largest absolute Gasteiger partial charge is 0.449 e. The monoisotopic (exact) mass is 413 g/mol. The van der Waals surface area contributed by atoms with E-state index in [0.717, 1.165) is 11.1 Å². The molecule has 1 atom stereocenters. The molecule has 0 aliphatic heterocycles. The highest BCUT2D eigenvalue weighted by Crippen LogP contribution is 2.23. The molecule has 28 heavy (non-hydrogen) atoms. The standard InChI is InChI=1S/C22H17Cl2NO3/c1-14(21(26)25-20-12-18(23)11-19(24)13-20)28-22(27)17-9-7-16(8-10-17)15-5-3-2-4-6-15/h2-14H,1H3,(H,25,26). The Hall–Kier alpha value is -2.82. The van der Waals surface area contributed by atoms with Gasteiger partial charge < -0.3 is 10.1 Å². The van der Waals surface area contributed by atoms with Crippen molar-refractivity contribution in [1.29, 1.82) is 0 Å². The van der Waals surface area contributed by atoms with Gasteiger partial charge in [-0.25, -0.2) is 4.79 Å². The number of amides is 1. The third kappa shape index (κ3) is 5.12. The van der Waals surface area contributed by atoms with Crippen molar-refractivity contribution in [2.45, 2.75) is 13.0 Å². The first-order chi connectivity index (χ1) is 13.4. The van der Waals surface area contributed by atoms with Crippen LogP contribution in [-0.2, 0) is 9.53 Å². The number of hydrogen-bond donors (Lipinski definition) is 1. The van der Waals surface area contributed by atoms with E-state index < -0.39 is 18.0 Å². The number of hydrogen-bond acceptors (Lipinski definition) is 3. The highest BCUT2D eigenvalue weighted by molar-refractivity contribution is 6.35. The van der Waals surface area contributed by atoms with E-state index in [2.05, 4.69) is 5.32 Å². The molecule has 3 aromatic rings. The molecule has 1 unspecified atom stereocenters. The lowest BCUT2D eigenvalue weighted by molar-refractivity contribution is -0.123. The van der Waals surface area contributed by atoms with Crippen LogP contribution in [-0.4, -0.2) is 18.0 Å². The van der Waals surface area contributed by atoms with Gasteiger partial charge in [0.1, 0.15) is 0 Å². The average Bonchev–Trinajstić information content (AvgIpc) is 2.68. The third-order valence-electron chi connectivity index (χ3n) is 4.01. The Morgan fingerprint density at radius 1 is 0.857 bits per heavy atom. The molecule has 3 aromatic carbocycles. The second-order valence-corrected chi connectivity index (χ2v) is 7.01. The Labute approximate surface area is 173 Å². The van der Waals surface area contributed by atoms with Crippen LogP contribution >= 0.6 is 23.2 Å². The van der Waals surface area contributed by atoms with Crippen LogP contribution in [0.2, 0.25) is 10.0 Å². The first kappa shape index (κ1) is 19.9. The number of esters is 1. The average molecular weight is 414 g/mol. The Bertz CT molecular complexity index is 968. The Morgan fingerprint density at radius 3 is 2.04 bits per heavy atom. The van der Waals surface area contributed by atoms with Gasteiger partial charge in [-0.05, 0) is 48.4 Å². The van der Waals surface area contributed by atoms with Gasteiger partial charge in [0.25, 0.3) is 5.91 Å². The lowest BCUT2D eigenvalue weighted by atomic mass is 10.0. The summed E-state index contributed by atoms with van der Waals surface area (Å²) >= 11 is 11.8. The molecule has 1 amide bonds. The fraction of sp³-hybridized carbons (Fsp3) is 0.0909. The van der Waals surface area contributed by atoms with Gasteiger partial charge in [-0.15, -0.1) is 0 Å². The van der Waals surface area contributed by atoms with Crippen LogP contribution in [0.25, 0.3) is 11.1 Å². The van der Waals surface area contributed by atoms with Gasteiger partial charge in [-0.2, -0.15) is 0 Å². The van der Waals surface area contributed by atoms with Crippen LogP contribution in [0.5, 0.6) is 0 Å². The van der Waals surface area contributed by atoms with E-state index >= 15 is 0 Å². The van der Waals surface area contributed by atoms with Gasteiger partial charge in [0.2, 0.25) is 0 Å². The van der Waals surface area contributed by atoms with Crippen molar-refractivity contribution in [2.75, 3.05) is 5.32 Å². The molecule has 4 nitrogen and oxygen atoms in total. The summed E-state index contributed by atoms with van der Waals surface area (Å²) < 4.78 is 5.26. The van der Waals surface area contributed by atoms with Crippen molar-refractivity contribution in [3.63, 3.8) is 0 Å². The molecule has 0 fully saturated rings. The quantitative estimate of drug-likeness (QED) is 0.534. The zero-order valence-electron chi connectivity index (χ0n) is 15.0. The first-order valence-corrected chi connectivity index (χ1v) is 9.31. The number of halogens is 2. The minimum atomic E-state index is -0.987. The van der Waals surface area contributed by atoms with Gasteiger partial charge in [0.05, 0.1) is 5.56 Å². The molecule has 6 heteroatoms. The maximum absolute atomic E-state index is 12.3. The predicted molar refractivity (Wildman–Crippen MR) is 112 cm³/mol. The van der Waals surface area contributed by atoms with Crippen molar-refractivity contribution in [2.24, 2.45) is 0 Å². The minimum absolute atomic E-state index is 0.366. The number of carbonyl (C=O) groups is 2. The number of anilines is 1. The smallest absolute Gasteiger partial charge is 0.338 e. The Kier molecular flexibility index (Phi) is 6.34. The van der Waals surface area contributed by atoms with Crippen LogP contribution in [0.15, 0.2) is 72.8 Å². The van der Waals surface area contributed by atoms with Gasteiger partial charge in [0, 0.05) is 15.7 Å². The second-order valence-electron chi connectivity index (χ2n) is 6.14. The van der Waals surface area contributed by atoms with Crippen LogP contribution < -0.4 is 5.32 Å². The summed E-state index contributed by atoms with van der Waals surface area (Å²) in [6.07, 6.45) is -0.987. The van der Waals surface area contributed by atoms with Crippen molar-refractivity contribution < 1.29 is 14.3 Å². The van der Waals surface area contributed by atoms with Gasteiger partial charge in [-0.3, -0.25) is 4.79 Å². The SMILES string of the molecule is CC(OC(=O)c1ccc(-c2ccccc2)cc1)C(=O)Nc1cc(Cl)cc(Cl)c1. The molecule has 0 aliphatic rings. The summed E-state index contributed by atoms with van der Waals surface area (Å²) in [5, 5.41) is 3.41. The molecule has 1 N–H and O–H groups in total. The van der Waals surface area contributed by atoms with E-state index in [4.69, 9.17) is 27.9 Å². The second kappa shape index (κ2) is 8.91. The molecule has 0 saturated carbocycles. The third-order valence-corrected chi connectivity index (χ3v) is 4.45. The fourth-order valence-electron chi connectivity index (χ4n) is 2.58. The van der Waals surface area contributed by atoms with Crippen molar-refractivity contribution in [1.82, 2.24) is 0 Å². The normalized spacial score (nSPS) is 11.5. The predicted octanol–water partition coefficient (Wildman–Crippen LogP) is 5.84. The fourth-order valence-corrected chi connectivity index (χ4v) is 3.11. The zero-order valence-corrected chi connectivity index (χ0v) is 16.5. The molecule has 0 aromatic heterocycles. The van der Waals surface area contributed by atoms with Crippen molar-refractivity contribution in [3.8, 4) is 11.1 Å². The molecule has 3 rings (SSSR count). The summed E-state index contributed by atoms with van der Waals surface area (Å²) in [6, 6.07) is 21.5. The summed E-state index contributed by atoms with van der Waals surface area (Å²) in [4.78, 5) is 24.6. The summed E-state index contributed by atoms with van der Waals surface area (Å²) in [5.74, 6) is -1.06. The molecule has 0 spiro atoms. The van der Waals surface area contributed by atoms with E-state index in [-0.39, 0.29) is 0 Å². The number of carbonyl (C=O) groups excluding carboxylic acids is 2. The molecule has 0 aliphatic carbocycles. The topological polar surface area (TPSA) is 55.4 Å². The van der Waals surface area contributed by atoms with Crippen molar-refractivity contribution in [3.05, 3.63) is 88.4 Å². The lowest BCUT2D eigenvalue weighted by Gasteiger charge is -2.14. The molecule has 0 radical (unpaired) electrons. The van der Waals surface area contributed by atoms with Gasteiger partial charge >= 0.3 is 5.97 Å². The lowest BCUT2D eigenvalue weighted by Crippen LogP contribution is -2.30. The molecule has 0 saturated heterocycles. The maximum atomic E-state index is 12.3. The van der Waals surface area contributed by atoms with Crippen molar-refractivity contribution >= 4 is 40.8 Å². The van der Waals surface area contributed by atoms with E-state index in [0.29, 0.717) is 21.3 Å². The number of nitrogens with one attached hydrogen (secondary N) is 1. The number of rotatable bonds is 5. The van der Waals surface area contributed by atoms with E-state index in [1.165, 1.54) is 6.92 Å². The Morgan fingerprint density at radius 2 is 1.43 bits per heavy atom. The van der Waals surface area contributed by atoms with Crippen LogP contribution in [0.4, 0.5) is 5.69 Å². The van der Waals surface area contributed by atoms with Gasteiger partial charge in [-0.1, -0.05) is 65.7 Å². The minimum Gasteiger partial charge on any atom is -0.449 e. The highest BCUT2D eigenvalue weighted by Gasteiger charge is 2.19. The molecular weight excluding hydrogens is 397 g/mol. The number of benzene rings is 3. The molecular formula is C22H17Cl2NO3. The number of ether oxygens (including phenoxy) is 1.